The van der Waals surface area contributed by atoms with E-state index in [0.29, 0.717) is 40.3 Å². The molecule has 8 heteroatoms. The molecule has 0 aliphatic heterocycles. The Balaban J connectivity index is 2.02. The topological polar surface area (TPSA) is 60.8 Å². The second kappa shape index (κ2) is 9.59. The van der Waals surface area contributed by atoms with E-state index < -0.39 is 10.0 Å². The predicted molar refractivity (Wildman–Crippen MR) is 135 cm³/mol. The van der Waals surface area contributed by atoms with Crippen molar-refractivity contribution >= 4 is 36.9 Å². The lowest BCUT2D eigenvalue weighted by Gasteiger charge is -2.16. The number of likely N-dealkylation sites (N-methyl/N-ethyl adjacent to an activating group) is 1. The highest BCUT2D eigenvalue weighted by atomic mass is 79.9. The van der Waals surface area contributed by atoms with E-state index >= 15 is 0 Å². The molecule has 0 atom stereocenters. The monoisotopic (exact) mass is 528 g/mol. The number of hydrogen-bond acceptors (Lipinski definition) is 5. The van der Waals surface area contributed by atoms with E-state index in [1.165, 1.54) is 3.97 Å². The van der Waals surface area contributed by atoms with Gasteiger partial charge < -0.3 is 14.4 Å². The number of ether oxygens (including phenoxy) is 2. The van der Waals surface area contributed by atoms with Gasteiger partial charge in [0.2, 0.25) is 0 Å². The first-order chi connectivity index (χ1) is 15.8. The number of aromatic nitrogens is 1. The van der Waals surface area contributed by atoms with E-state index in [0.717, 1.165) is 10.9 Å². The molecule has 6 nitrogen and oxygen atoms in total. The van der Waals surface area contributed by atoms with Crippen molar-refractivity contribution in [2.24, 2.45) is 0 Å². The van der Waals surface area contributed by atoms with Gasteiger partial charge in [0.25, 0.3) is 10.0 Å². The van der Waals surface area contributed by atoms with Crippen LogP contribution in [0.15, 0.2) is 82.2 Å². The van der Waals surface area contributed by atoms with Crippen LogP contribution >= 0.6 is 15.9 Å². The molecule has 172 valence electrons. The summed E-state index contributed by atoms with van der Waals surface area (Å²) in [6.07, 6.45) is 0. The minimum absolute atomic E-state index is 0.140. The molecule has 0 unspecified atom stereocenters. The zero-order valence-corrected chi connectivity index (χ0v) is 21.1. The molecule has 0 aliphatic carbocycles. The summed E-state index contributed by atoms with van der Waals surface area (Å²) in [5.74, 6) is 1.11. The molecular weight excluding hydrogens is 504 g/mol. The van der Waals surface area contributed by atoms with E-state index in [4.69, 9.17) is 9.47 Å². The summed E-state index contributed by atoms with van der Waals surface area (Å²) in [5.41, 5.74) is 1.80. The fraction of sp³-hybridized carbons (Fsp3) is 0.200. The number of fused-ring (bicyclic) bond motifs is 1. The smallest absolute Gasteiger partial charge is 0.269 e. The Morgan fingerprint density at radius 3 is 2.33 bits per heavy atom. The normalized spacial score (nSPS) is 11.8. The van der Waals surface area contributed by atoms with Crippen LogP contribution in [0.25, 0.3) is 22.2 Å². The molecule has 4 rings (SSSR count). The van der Waals surface area contributed by atoms with Crippen LogP contribution in [0.3, 0.4) is 0 Å². The highest BCUT2D eigenvalue weighted by molar-refractivity contribution is 9.10. The largest absolute Gasteiger partial charge is 0.497 e. The Morgan fingerprint density at radius 1 is 0.970 bits per heavy atom. The van der Waals surface area contributed by atoms with Crippen LogP contribution in [-0.2, 0) is 10.0 Å². The van der Waals surface area contributed by atoms with Gasteiger partial charge in [0.1, 0.15) is 22.9 Å². The maximum Gasteiger partial charge on any atom is 0.269 e. The molecule has 0 saturated carbocycles. The molecule has 0 fully saturated rings. The third-order valence-electron chi connectivity index (χ3n) is 5.28. The van der Waals surface area contributed by atoms with Crippen molar-refractivity contribution in [1.29, 1.82) is 0 Å². The SMILES string of the molecule is COc1ccc(S(=O)(=O)n2c(-c3ccccc3)c(OCCN(C)C)c3ccccc32)c(Br)c1. The highest BCUT2D eigenvalue weighted by Crippen LogP contribution is 2.43. The molecule has 33 heavy (non-hydrogen) atoms. The molecule has 1 heterocycles. The summed E-state index contributed by atoms with van der Waals surface area (Å²) < 4.78 is 41.5. The Labute approximate surface area is 202 Å². The molecule has 1 aromatic heterocycles. The van der Waals surface area contributed by atoms with E-state index in [1.807, 2.05) is 67.5 Å². The van der Waals surface area contributed by atoms with Gasteiger partial charge in [0, 0.05) is 22.0 Å². The maximum atomic E-state index is 14.1. The minimum Gasteiger partial charge on any atom is -0.497 e. The number of nitrogens with zero attached hydrogens (tertiary/aromatic N) is 2. The number of benzene rings is 3. The van der Waals surface area contributed by atoms with Gasteiger partial charge in [-0.25, -0.2) is 12.4 Å². The Hall–Kier alpha value is -2.81. The number of methoxy groups -OCH3 is 1. The second-order valence-corrected chi connectivity index (χ2v) is 10.4. The number of halogens is 1. The Kier molecular flexibility index (Phi) is 6.78. The van der Waals surface area contributed by atoms with Gasteiger partial charge in [-0.3, -0.25) is 0 Å². The van der Waals surface area contributed by atoms with Gasteiger partial charge in [0.05, 0.1) is 12.6 Å². The van der Waals surface area contributed by atoms with Crippen LogP contribution in [0.1, 0.15) is 0 Å². The van der Waals surface area contributed by atoms with E-state index in [1.54, 1.807) is 31.4 Å². The van der Waals surface area contributed by atoms with Crippen molar-refractivity contribution < 1.29 is 17.9 Å². The van der Waals surface area contributed by atoms with Crippen LogP contribution in [0.5, 0.6) is 11.5 Å². The average Bonchev–Trinajstić information content (AvgIpc) is 3.14. The molecule has 0 saturated heterocycles. The van der Waals surface area contributed by atoms with Gasteiger partial charge in [-0.05, 0) is 60.4 Å². The van der Waals surface area contributed by atoms with Gasteiger partial charge in [0.15, 0.2) is 5.75 Å². The Bertz CT molecular complexity index is 1380. The van der Waals surface area contributed by atoms with Crippen molar-refractivity contribution in [3.63, 3.8) is 0 Å². The standard InChI is InChI=1S/C25H25BrN2O4S/c1-27(2)15-16-32-25-20-11-7-8-12-22(20)28(24(25)18-9-5-4-6-10-18)33(29,30)23-14-13-19(31-3)17-21(23)26/h4-14,17H,15-16H2,1-3H3. The summed E-state index contributed by atoms with van der Waals surface area (Å²) in [7, 11) is 1.48. The number of rotatable bonds is 8. The van der Waals surface area contributed by atoms with Crippen LogP contribution in [0.4, 0.5) is 0 Å². The molecule has 0 bridgehead atoms. The zero-order chi connectivity index (χ0) is 23.6. The van der Waals surface area contributed by atoms with Crippen LogP contribution < -0.4 is 9.47 Å². The van der Waals surface area contributed by atoms with Crippen molar-refractivity contribution in [2.75, 3.05) is 34.4 Å². The lowest BCUT2D eigenvalue weighted by molar-refractivity contribution is 0.264. The van der Waals surface area contributed by atoms with Gasteiger partial charge in [-0.2, -0.15) is 0 Å². The lowest BCUT2D eigenvalue weighted by atomic mass is 10.1. The predicted octanol–water partition coefficient (Wildman–Crippen LogP) is 5.26. The number of para-hydroxylation sites is 1. The molecule has 3 aromatic carbocycles. The highest BCUT2D eigenvalue weighted by Gasteiger charge is 2.30. The maximum absolute atomic E-state index is 14.1. The fourth-order valence-corrected chi connectivity index (χ4v) is 6.23. The van der Waals surface area contributed by atoms with Crippen LogP contribution in [0, 0.1) is 0 Å². The molecule has 4 aromatic rings. The van der Waals surface area contributed by atoms with Crippen molar-refractivity contribution in [3.05, 3.63) is 77.3 Å². The van der Waals surface area contributed by atoms with Gasteiger partial charge in [-0.15, -0.1) is 0 Å². The van der Waals surface area contributed by atoms with Crippen LogP contribution in [0.2, 0.25) is 0 Å². The third-order valence-corrected chi connectivity index (χ3v) is 7.97. The van der Waals surface area contributed by atoms with Gasteiger partial charge >= 0.3 is 0 Å². The van der Waals surface area contributed by atoms with E-state index in [9.17, 15) is 8.42 Å². The third kappa shape index (κ3) is 4.51. The zero-order valence-electron chi connectivity index (χ0n) is 18.7. The first-order valence-corrected chi connectivity index (χ1v) is 12.6. The first kappa shape index (κ1) is 23.4. The van der Waals surface area contributed by atoms with Gasteiger partial charge in [-0.1, -0.05) is 42.5 Å². The minimum atomic E-state index is -4.00. The van der Waals surface area contributed by atoms with E-state index in [-0.39, 0.29) is 4.90 Å². The molecule has 0 amide bonds. The first-order valence-electron chi connectivity index (χ1n) is 10.4. The van der Waals surface area contributed by atoms with E-state index in [2.05, 4.69) is 15.9 Å². The molecular formula is C25H25BrN2O4S. The van der Waals surface area contributed by atoms with Crippen molar-refractivity contribution in [2.45, 2.75) is 4.90 Å². The summed E-state index contributed by atoms with van der Waals surface area (Å²) >= 11 is 3.42. The molecule has 0 radical (unpaired) electrons. The number of hydrogen-bond donors (Lipinski definition) is 0. The quantitative estimate of drug-likeness (QED) is 0.312. The second-order valence-electron chi connectivity index (χ2n) is 7.78. The Morgan fingerprint density at radius 2 is 1.67 bits per heavy atom. The summed E-state index contributed by atoms with van der Waals surface area (Å²) in [6.45, 7) is 1.12. The van der Waals surface area contributed by atoms with Crippen LogP contribution in [-0.4, -0.2) is 51.6 Å². The van der Waals surface area contributed by atoms with Crippen molar-refractivity contribution in [3.8, 4) is 22.8 Å². The van der Waals surface area contributed by atoms with Crippen molar-refractivity contribution in [1.82, 2.24) is 8.87 Å². The molecule has 0 N–H and O–H groups in total. The lowest BCUT2D eigenvalue weighted by Crippen LogP contribution is -2.20. The summed E-state index contributed by atoms with van der Waals surface area (Å²) in [6, 6.07) is 21.7. The fourth-order valence-electron chi connectivity index (χ4n) is 3.67. The molecule has 0 aliphatic rings. The molecule has 0 spiro atoms. The average molecular weight is 529 g/mol. The summed E-state index contributed by atoms with van der Waals surface area (Å²) in [5, 5.41) is 0.739. The summed E-state index contributed by atoms with van der Waals surface area (Å²) in [4.78, 5) is 2.16.